The lowest BCUT2D eigenvalue weighted by Gasteiger charge is -2.23. The lowest BCUT2D eigenvalue weighted by atomic mass is 10.1. The number of nitrogens with zero attached hydrogens (tertiary/aromatic N) is 1. The quantitative estimate of drug-likeness (QED) is 0.725. The van der Waals surface area contributed by atoms with Crippen LogP contribution in [-0.2, 0) is 6.54 Å². The van der Waals surface area contributed by atoms with Crippen LogP contribution in [0.25, 0.3) is 0 Å². The molecular formula is C16H28N2O2. The van der Waals surface area contributed by atoms with Crippen molar-refractivity contribution >= 4 is 0 Å². The highest BCUT2D eigenvalue weighted by Gasteiger charge is 2.11. The van der Waals surface area contributed by atoms with E-state index >= 15 is 0 Å². The second-order valence-corrected chi connectivity index (χ2v) is 5.55. The predicted octanol–water partition coefficient (Wildman–Crippen LogP) is 1.86. The van der Waals surface area contributed by atoms with Crippen LogP contribution in [0, 0.1) is 5.92 Å². The van der Waals surface area contributed by atoms with Crippen LogP contribution in [0.15, 0.2) is 24.3 Å². The monoisotopic (exact) mass is 280 g/mol. The van der Waals surface area contributed by atoms with Gasteiger partial charge in [-0.25, -0.2) is 0 Å². The summed E-state index contributed by atoms with van der Waals surface area (Å²) in [5.41, 5.74) is 6.62. The van der Waals surface area contributed by atoms with Gasteiger partial charge in [-0.15, -0.1) is 0 Å². The standard InChI is InChI=1S/C16H28N2O2/c1-4-13(2)10-18(3)11-15(19)12-20-16-7-5-6-14(8-16)9-17/h5-8,13,15,19H,4,9-12,17H2,1-3H3. The molecule has 3 N–H and O–H groups in total. The number of aliphatic hydroxyl groups excluding tert-OH is 1. The molecule has 0 saturated heterocycles. The highest BCUT2D eigenvalue weighted by molar-refractivity contribution is 5.28. The van der Waals surface area contributed by atoms with Gasteiger partial charge in [-0.05, 0) is 30.7 Å². The Labute approximate surface area is 122 Å². The van der Waals surface area contributed by atoms with Crippen LogP contribution in [0.4, 0.5) is 0 Å². The van der Waals surface area contributed by atoms with Crippen molar-refractivity contribution in [2.45, 2.75) is 32.9 Å². The van der Waals surface area contributed by atoms with Crippen LogP contribution in [-0.4, -0.2) is 42.9 Å². The van der Waals surface area contributed by atoms with Crippen LogP contribution in [0.5, 0.6) is 5.75 Å². The Balaban J connectivity index is 2.33. The van der Waals surface area contributed by atoms with Crippen molar-refractivity contribution in [2.75, 3.05) is 26.7 Å². The number of rotatable bonds is 9. The van der Waals surface area contributed by atoms with Crippen molar-refractivity contribution in [3.8, 4) is 5.75 Å². The molecular weight excluding hydrogens is 252 g/mol. The van der Waals surface area contributed by atoms with Crippen LogP contribution in [0.3, 0.4) is 0 Å². The molecule has 0 aromatic heterocycles. The first-order chi connectivity index (χ1) is 9.55. The topological polar surface area (TPSA) is 58.7 Å². The maximum Gasteiger partial charge on any atom is 0.119 e. The van der Waals surface area contributed by atoms with E-state index in [1.54, 1.807) is 0 Å². The molecule has 1 aromatic rings. The molecule has 114 valence electrons. The van der Waals surface area contributed by atoms with Gasteiger partial charge in [0.25, 0.3) is 0 Å². The van der Waals surface area contributed by atoms with E-state index in [2.05, 4.69) is 18.7 Å². The number of ether oxygens (including phenoxy) is 1. The van der Waals surface area contributed by atoms with Gasteiger partial charge in [0.2, 0.25) is 0 Å². The third kappa shape index (κ3) is 6.37. The van der Waals surface area contributed by atoms with Crippen LogP contribution in [0.2, 0.25) is 0 Å². The van der Waals surface area contributed by atoms with Gasteiger partial charge in [-0.1, -0.05) is 32.4 Å². The van der Waals surface area contributed by atoms with Crippen molar-refractivity contribution in [3.63, 3.8) is 0 Å². The van der Waals surface area contributed by atoms with Gasteiger partial charge >= 0.3 is 0 Å². The second kappa shape index (κ2) is 8.95. The van der Waals surface area contributed by atoms with E-state index in [4.69, 9.17) is 10.5 Å². The molecule has 0 aliphatic rings. The maximum atomic E-state index is 10.0. The summed E-state index contributed by atoms with van der Waals surface area (Å²) in [4.78, 5) is 2.15. The highest BCUT2D eigenvalue weighted by Crippen LogP contribution is 2.13. The molecule has 0 radical (unpaired) electrons. The largest absolute Gasteiger partial charge is 0.491 e. The smallest absolute Gasteiger partial charge is 0.119 e. The summed E-state index contributed by atoms with van der Waals surface area (Å²) in [6, 6.07) is 7.67. The lowest BCUT2D eigenvalue weighted by molar-refractivity contribution is 0.0723. The summed E-state index contributed by atoms with van der Waals surface area (Å²) in [6.45, 7) is 6.83. The minimum Gasteiger partial charge on any atom is -0.491 e. The Kier molecular flexibility index (Phi) is 7.59. The minimum absolute atomic E-state index is 0.304. The molecule has 0 spiro atoms. The van der Waals surface area contributed by atoms with Crippen molar-refractivity contribution in [1.29, 1.82) is 0 Å². The molecule has 1 rings (SSSR count). The number of aliphatic hydroxyl groups is 1. The van der Waals surface area contributed by atoms with E-state index in [0.29, 0.717) is 25.6 Å². The van der Waals surface area contributed by atoms with Crippen molar-refractivity contribution in [1.82, 2.24) is 4.90 Å². The Hall–Kier alpha value is -1.10. The fourth-order valence-corrected chi connectivity index (χ4v) is 2.10. The predicted molar refractivity (Wildman–Crippen MR) is 82.8 cm³/mol. The zero-order valence-corrected chi connectivity index (χ0v) is 12.9. The van der Waals surface area contributed by atoms with Crippen LogP contribution in [0.1, 0.15) is 25.8 Å². The third-order valence-electron chi connectivity index (χ3n) is 3.42. The Morgan fingerprint density at radius 3 is 2.75 bits per heavy atom. The van der Waals surface area contributed by atoms with Gasteiger partial charge in [0.15, 0.2) is 0 Å². The SMILES string of the molecule is CCC(C)CN(C)CC(O)COc1cccc(CN)c1. The van der Waals surface area contributed by atoms with Crippen LogP contribution >= 0.6 is 0 Å². The Bertz CT molecular complexity index is 384. The summed E-state index contributed by atoms with van der Waals surface area (Å²) >= 11 is 0. The first-order valence-electron chi connectivity index (χ1n) is 7.33. The van der Waals surface area contributed by atoms with E-state index < -0.39 is 6.10 Å². The normalized spacial score (nSPS) is 14.3. The summed E-state index contributed by atoms with van der Waals surface area (Å²) < 4.78 is 5.61. The number of nitrogens with two attached hydrogens (primary N) is 1. The fourth-order valence-electron chi connectivity index (χ4n) is 2.10. The molecule has 0 saturated carbocycles. The van der Waals surface area contributed by atoms with Gasteiger partial charge in [0.05, 0.1) is 0 Å². The Morgan fingerprint density at radius 2 is 2.10 bits per heavy atom. The number of hydrogen-bond acceptors (Lipinski definition) is 4. The molecule has 0 fully saturated rings. The summed E-state index contributed by atoms with van der Waals surface area (Å²) in [7, 11) is 2.03. The van der Waals surface area contributed by atoms with Crippen molar-refractivity contribution in [3.05, 3.63) is 29.8 Å². The zero-order chi connectivity index (χ0) is 15.0. The molecule has 2 atom stereocenters. The van der Waals surface area contributed by atoms with Gasteiger partial charge in [0, 0.05) is 19.6 Å². The second-order valence-electron chi connectivity index (χ2n) is 5.55. The molecule has 0 aliphatic carbocycles. The van der Waals surface area contributed by atoms with E-state index in [-0.39, 0.29) is 0 Å². The van der Waals surface area contributed by atoms with E-state index in [1.807, 2.05) is 31.3 Å². The molecule has 0 heterocycles. The third-order valence-corrected chi connectivity index (χ3v) is 3.42. The summed E-state index contributed by atoms with van der Waals surface area (Å²) in [5, 5.41) is 10.0. The molecule has 0 aliphatic heterocycles. The molecule has 0 amide bonds. The molecule has 4 nitrogen and oxygen atoms in total. The molecule has 0 bridgehead atoms. The van der Waals surface area contributed by atoms with E-state index in [1.165, 1.54) is 0 Å². The average Bonchev–Trinajstić information content (AvgIpc) is 2.45. The Morgan fingerprint density at radius 1 is 1.35 bits per heavy atom. The fraction of sp³-hybridized carbons (Fsp3) is 0.625. The molecule has 1 aromatic carbocycles. The van der Waals surface area contributed by atoms with Crippen molar-refractivity contribution in [2.24, 2.45) is 11.7 Å². The number of likely N-dealkylation sites (N-methyl/N-ethyl adjacent to an activating group) is 1. The minimum atomic E-state index is -0.481. The van der Waals surface area contributed by atoms with Gasteiger partial charge in [0.1, 0.15) is 18.5 Å². The first kappa shape index (κ1) is 17.0. The number of hydrogen-bond donors (Lipinski definition) is 2. The van der Waals surface area contributed by atoms with E-state index in [0.717, 1.165) is 24.3 Å². The summed E-state index contributed by atoms with van der Waals surface area (Å²) in [5.74, 6) is 1.41. The van der Waals surface area contributed by atoms with Gasteiger partial charge in [-0.3, -0.25) is 0 Å². The molecule has 2 unspecified atom stereocenters. The van der Waals surface area contributed by atoms with E-state index in [9.17, 15) is 5.11 Å². The zero-order valence-electron chi connectivity index (χ0n) is 12.9. The average molecular weight is 280 g/mol. The summed E-state index contributed by atoms with van der Waals surface area (Å²) in [6.07, 6.45) is 0.675. The molecule has 20 heavy (non-hydrogen) atoms. The molecule has 4 heteroatoms. The number of benzene rings is 1. The first-order valence-corrected chi connectivity index (χ1v) is 7.33. The van der Waals surface area contributed by atoms with Gasteiger partial charge < -0.3 is 20.5 Å². The lowest BCUT2D eigenvalue weighted by Crippen LogP contribution is -2.35. The van der Waals surface area contributed by atoms with Gasteiger partial charge in [-0.2, -0.15) is 0 Å². The highest BCUT2D eigenvalue weighted by atomic mass is 16.5. The maximum absolute atomic E-state index is 10.0. The van der Waals surface area contributed by atoms with Crippen LogP contribution < -0.4 is 10.5 Å². The van der Waals surface area contributed by atoms with Crippen molar-refractivity contribution < 1.29 is 9.84 Å².